The van der Waals surface area contributed by atoms with Crippen molar-refractivity contribution >= 4 is 11.6 Å². The Labute approximate surface area is 88.7 Å². The molecule has 0 saturated carbocycles. The highest BCUT2D eigenvalue weighted by Crippen LogP contribution is 2.15. The van der Waals surface area contributed by atoms with Gasteiger partial charge in [-0.3, -0.25) is 9.78 Å². The third kappa shape index (κ3) is 2.53. The summed E-state index contributed by atoms with van der Waals surface area (Å²) in [5.41, 5.74) is 1.67. The average molecular weight is 206 g/mol. The number of carbonyl (C=O) groups excluding carboxylic acids is 1. The lowest BCUT2D eigenvalue weighted by Gasteiger charge is -2.10. The van der Waals surface area contributed by atoms with Gasteiger partial charge >= 0.3 is 0 Å². The quantitative estimate of drug-likeness (QED) is 0.798. The maximum absolute atomic E-state index is 11.7. The molecule has 4 heteroatoms. The van der Waals surface area contributed by atoms with Crippen LogP contribution in [0.5, 0.6) is 0 Å². The summed E-state index contributed by atoms with van der Waals surface area (Å²) in [7, 11) is 0. The second-order valence-electron chi connectivity index (χ2n) is 3.68. The number of rotatable bonds is 2. The van der Waals surface area contributed by atoms with Crippen molar-refractivity contribution in [2.75, 3.05) is 11.9 Å². The molecule has 1 aliphatic rings. The molecule has 1 aromatic heterocycles. The number of anilines is 1. The highest BCUT2D eigenvalue weighted by molar-refractivity contribution is 5.94. The summed E-state index contributed by atoms with van der Waals surface area (Å²) >= 11 is 0. The highest BCUT2D eigenvalue weighted by atomic mass is 16.5. The molecule has 0 bridgehead atoms. The number of amides is 1. The molecule has 0 radical (unpaired) electrons. The van der Waals surface area contributed by atoms with E-state index in [2.05, 4.69) is 10.3 Å². The van der Waals surface area contributed by atoms with Gasteiger partial charge in [-0.15, -0.1) is 0 Å². The number of pyridine rings is 1. The topological polar surface area (TPSA) is 51.2 Å². The summed E-state index contributed by atoms with van der Waals surface area (Å²) in [4.78, 5) is 15.7. The molecular formula is C11H14N2O2. The maximum atomic E-state index is 11.7. The minimum absolute atomic E-state index is 0.0573. The van der Waals surface area contributed by atoms with Gasteiger partial charge in [-0.2, -0.15) is 0 Å². The summed E-state index contributed by atoms with van der Waals surface area (Å²) in [6.45, 7) is 2.58. The smallest absolute Gasteiger partial charge is 0.253 e. The SMILES string of the molecule is Cc1cc(NC(=O)C2CCCO2)ccn1. The molecule has 1 aromatic rings. The van der Waals surface area contributed by atoms with Gasteiger partial charge in [-0.1, -0.05) is 0 Å². The zero-order chi connectivity index (χ0) is 10.7. The van der Waals surface area contributed by atoms with Gasteiger partial charge in [0.25, 0.3) is 5.91 Å². The van der Waals surface area contributed by atoms with E-state index < -0.39 is 0 Å². The number of nitrogens with zero attached hydrogens (tertiary/aromatic N) is 1. The molecule has 1 aliphatic heterocycles. The van der Waals surface area contributed by atoms with Crippen molar-refractivity contribution < 1.29 is 9.53 Å². The Morgan fingerprint density at radius 3 is 3.20 bits per heavy atom. The van der Waals surface area contributed by atoms with E-state index in [9.17, 15) is 4.79 Å². The first kappa shape index (κ1) is 10.1. The van der Waals surface area contributed by atoms with Gasteiger partial charge in [0.1, 0.15) is 6.10 Å². The number of aromatic nitrogens is 1. The molecule has 2 rings (SSSR count). The predicted molar refractivity (Wildman–Crippen MR) is 56.6 cm³/mol. The molecular weight excluding hydrogens is 192 g/mol. The minimum Gasteiger partial charge on any atom is -0.368 e. The monoisotopic (exact) mass is 206 g/mol. The molecule has 1 unspecified atom stereocenters. The third-order valence-electron chi connectivity index (χ3n) is 2.39. The fourth-order valence-electron chi connectivity index (χ4n) is 1.63. The summed E-state index contributed by atoms with van der Waals surface area (Å²) in [6, 6.07) is 3.62. The van der Waals surface area contributed by atoms with E-state index in [1.807, 2.05) is 13.0 Å². The third-order valence-corrected chi connectivity index (χ3v) is 2.39. The van der Waals surface area contributed by atoms with Gasteiger partial charge < -0.3 is 10.1 Å². The number of hydrogen-bond acceptors (Lipinski definition) is 3. The van der Waals surface area contributed by atoms with E-state index in [0.29, 0.717) is 6.61 Å². The molecule has 1 saturated heterocycles. The molecule has 80 valence electrons. The Kier molecular flexibility index (Phi) is 2.97. The zero-order valence-electron chi connectivity index (χ0n) is 8.69. The fourth-order valence-corrected chi connectivity index (χ4v) is 1.63. The molecule has 1 N–H and O–H groups in total. The van der Waals surface area contributed by atoms with Crippen LogP contribution in [0, 0.1) is 6.92 Å². The van der Waals surface area contributed by atoms with Gasteiger partial charge in [0.05, 0.1) is 0 Å². The fraction of sp³-hybridized carbons (Fsp3) is 0.455. The van der Waals surface area contributed by atoms with Crippen molar-refractivity contribution in [1.29, 1.82) is 0 Å². The first-order valence-corrected chi connectivity index (χ1v) is 5.11. The van der Waals surface area contributed by atoms with Crippen molar-refractivity contribution in [3.05, 3.63) is 24.0 Å². The van der Waals surface area contributed by atoms with Crippen LogP contribution in [0.1, 0.15) is 18.5 Å². The number of nitrogens with one attached hydrogen (secondary N) is 1. The summed E-state index contributed by atoms with van der Waals surface area (Å²) in [6.07, 6.45) is 3.18. The Hall–Kier alpha value is -1.42. The minimum atomic E-state index is -0.279. The van der Waals surface area contributed by atoms with Crippen LogP contribution in [0.15, 0.2) is 18.3 Å². The zero-order valence-corrected chi connectivity index (χ0v) is 8.69. The van der Waals surface area contributed by atoms with E-state index in [-0.39, 0.29) is 12.0 Å². The molecule has 1 amide bonds. The van der Waals surface area contributed by atoms with Crippen molar-refractivity contribution in [3.8, 4) is 0 Å². The van der Waals surface area contributed by atoms with Crippen molar-refractivity contribution in [2.45, 2.75) is 25.9 Å². The molecule has 1 atom stereocenters. The lowest BCUT2D eigenvalue weighted by atomic mass is 10.2. The summed E-state index contributed by atoms with van der Waals surface area (Å²) in [5.74, 6) is -0.0573. The largest absolute Gasteiger partial charge is 0.368 e. The van der Waals surface area contributed by atoms with Crippen LogP contribution in [0.3, 0.4) is 0 Å². The summed E-state index contributed by atoms with van der Waals surface area (Å²) in [5, 5.41) is 2.82. The maximum Gasteiger partial charge on any atom is 0.253 e. The lowest BCUT2D eigenvalue weighted by Crippen LogP contribution is -2.26. The van der Waals surface area contributed by atoms with E-state index >= 15 is 0 Å². The first-order valence-electron chi connectivity index (χ1n) is 5.11. The van der Waals surface area contributed by atoms with Crippen molar-refractivity contribution in [3.63, 3.8) is 0 Å². The second kappa shape index (κ2) is 4.40. The number of ether oxygens (including phenoxy) is 1. The van der Waals surface area contributed by atoms with Crippen LogP contribution >= 0.6 is 0 Å². The number of aryl methyl sites for hydroxylation is 1. The second-order valence-corrected chi connectivity index (χ2v) is 3.68. The summed E-state index contributed by atoms with van der Waals surface area (Å²) < 4.78 is 5.29. The van der Waals surface area contributed by atoms with Crippen LogP contribution in [-0.2, 0) is 9.53 Å². The Morgan fingerprint density at radius 1 is 1.67 bits per heavy atom. The molecule has 0 aliphatic carbocycles. The Bertz CT molecular complexity index is 359. The van der Waals surface area contributed by atoms with E-state index in [4.69, 9.17) is 4.74 Å². The van der Waals surface area contributed by atoms with Crippen LogP contribution in [0.25, 0.3) is 0 Å². The lowest BCUT2D eigenvalue weighted by molar-refractivity contribution is -0.124. The average Bonchev–Trinajstić information content (AvgIpc) is 2.70. The highest BCUT2D eigenvalue weighted by Gasteiger charge is 2.23. The predicted octanol–water partition coefficient (Wildman–Crippen LogP) is 1.51. The van der Waals surface area contributed by atoms with Gasteiger partial charge in [-0.05, 0) is 31.9 Å². The molecule has 15 heavy (non-hydrogen) atoms. The molecule has 4 nitrogen and oxygen atoms in total. The molecule has 2 heterocycles. The molecule has 0 spiro atoms. The van der Waals surface area contributed by atoms with Gasteiger partial charge in [0.2, 0.25) is 0 Å². The van der Waals surface area contributed by atoms with Gasteiger partial charge in [0, 0.05) is 24.2 Å². The van der Waals surface area contributed by atoms with Crippen LogP contribution < -0.4 is 5.32 Å². The van der Waals surface area contributed by atoms with Crippen LogP contribution in [0.4, 0.5) is 5.69 Å². The first-order chi connectivity index (χ1) is 7.25. The van der Waals surface area contributed by atoms with Crippen molar-refractivity contribution in [2.24, 2.45) is 0 Å². The number of carbonyl (C=O) groups is 1. The van der Waals surface area contributed by atoms with Gasteiger partial charge in [-0.25, -0.2) is 0 Å². The Balaban J connectivity index is 1.99. The van der Waals surface area contributed by atoms with Crippen molar-refractivity contribution in [1.82, 2.24) is 4.98 Å². The van der Waals surface area contributed by atoms with E-state index in [0.717, 1.165) is 24.2 Å². The van der Waals surface area contributed by atoms with Gasteiger partial charge in [0.15, 0.2) is 0 Å². The van der Waals surface area contributed by atoms with Crippen LogP contribution in [0.2, 0.25) is 0 Å². The molecule has 0 aromatic carbocycles. The van der Waals surface area contributed by atoms with E-state index in [1.54, 1.807) is 12.3 Å². The van der Waals surface area contributed by atoms with Crippen LogP contribution in [-0.4, -0.2) is 23.6 Å². The van der Waals surface area contributed by atoms with E-state index in [1.165, 1.54) is 0 Å². The number of hydrogen-bond donors (Lipinski definition) is 1. The Morgan fingerprint density at radius 2 is 2.53 bits per heavy atom. The normalized spacial score (nSPS) is 20.2. The molecule has 1 fully saturated rings. The standard InChI is InChI=1S/C11H14N2O2/c1-8-7-9(4-5-12-8)13-11(14)10-3-2-6-15-10/h4-5,7,10H,2-3,6H2,1H3,(H,12,13,14).